The minimum Gasteiger partial charge on any atom is -0.493 e. The summed E-state index contributed by atoms with van der Waals surface area (Å²) in [6.45, 7) is 0.833. The zero-order chi connectivity index (χ0) is 20.3. The summed E-state index contributed by atoms with van der Waals surface area (Å²) in [7, 11) is 3.08. The van der Waals surface area contributed by atoms with Gasteiger partial charge < -0.3 is 19.7 Å². The van der Waals surface area contributed by atoms with Crippen molar-refractivity contribution < 1.29 is 19.1 Å². The van der Waals surface area contributed by atoms with Gasteiger partial charge in [0.25, 0.3) is 0 Å². The number of nitrogens with one attached hydrogen (secondary N) is 1. The van der Waals surface area contributed by atoms with Crippen LogP contribution in [0, 0.1) is 0 Å². The summed E-state index contributed by atoms with van der Waals surface area (Å²) in [4.78, 5) is 28.1. The first-order valence-corrected chi connectivity index (χ1v) is 9.22. The molecule has 1 saturated heterocycles. The van der Waals surface area contributed by atoms with E-state index in [2.05, 4.69) is 5.32 Å². The standard InChI is InChI=1S/C19H19Cl2N3O4/c1-27-16-6-4-13(10-17(16)28-2)24-8-7-23(19(24)26)11-18(25)22-12-3-5-14(20)15(21)9-12/h3-6,9-10H,7-8,11H2,1-2H3,(H,22,25). The van der Waals surface area contributed by atoms with Gasteiger partial charge in [-0.05, 0) is 30.3 Å². The predicted molar refractivity (Wildman–Crippen MR) is 109 cm³/mol. The molecule has 0 radical (unpaired) electrons. The van der Waals surface area contributed by atoms with Crippen LogP contribution >= 0.6 is 23.2 Å². The number of nitrogens with zero attached hydrogens (tertiary/aromatic N) is 2. The monoisotopic (exact) mass is 423 g/mol. The average Bonchev–Trinajstić information content (AvgIpc) is 3.04. The number of hydrogen-bond donors (Lipinski definition) is 1. The van der Waals surface area contributed by atoms with Crippen molar-refractivity contribution >= 4 is 46.5 Å². The highest BCUT2D eigenvalue weighted by molar-refractivity contribution is 6.42. The van der Waals surface area contributed by atoms with Gasteiger partial charge in [0.2, 0.25) is 5.91 Å². The Kier molecular flexibility index (Phi) is 6.16. The van der Waals surface area contributed by atoms with Crippen LogP contribution in [0.5, 0.6) is 11.5 Å². The molecule has 0 aliphatic carbocycles. The summed E-state index contributed by atoms with van der Waals surface area (Å²) in [6.07, 6.45) is 0. The van der Waals surface area contributed by atoms with Crippen LogP contribution in [-0.4, -0.2) is 50.7 Å². The minimum absolute atomic E-state index is 0.0666. The number of carbonyl (C=O) groups is 2. The normalized spacial score (nSPS) is 13.6. The number of carbonyl (C=O) groups excluding carboxylic acids is 2. The van der Waals surface area contributed by atoms with Gasteiger partial charge in [-0.2, -0.15) is 0 Å². The van der Waals surface area contributed by atoms with Crippen LogP contribution in [0.4, 0.5) is 16.2 Å². The van der Waals surface area contributed by atoms with Gasteiger partial charge in [-0.1, -0.05) is 23.2 Å². The first kappa shape index (κ1) is 20.1. The van der Waals surface area contributed by atoms with E-state index in [1.54, 1.807) is 48.4 Å². The number of anilines is 2. The Bertz CT molecular complexity index is 907. The molecule has 1 heterocycles. The highest BCUT2D eigenvalue weighted by Crippen LogP contribution is 2.32. The number of urea groups is 1. The van der Waals surface area contributed by atoms with E-state index in [0.717, 1.165) is 0 Å². The molecule has 148 valence electrons. The van der Waals surface area contributed by atoms with Crippen LogP contribution in [0.3, 0.4) is 0 Å². The second-order valence-electron chi connectivity index (χ2n) is 6.07. The Labute approximate surface area is 172 Å². The fourth-order valence-corrected chi connectivity index (χ4v) is 3.21. The van der Waals surface area contributed by atoms with Crippen LogP contribution < -0.4 is 19.7 Å². The zero-order valence-corrected chi connectivity index (χ0v) is 16.9. The quantitative estimate of drug-likeness (QED) is 0.764. The second kappa shape index (κ2) is 8.58. The van der Waals surface area contributed by atoms with Crippen LogP contribution in [0.15, 0.2) is 36.4 Å². The number of methoxy groups -OCH3 is 2. The molecule has 28 heavy (non-hydrogen) atoms. The summed E-state index contributed by atoms with van der Waals surface area (Å²) in [6, 6.07) is 9.79. The van der Waals surface area contributed by atoms with E-state index in [1.165, 1.54) is 12.0 Å². The van der Waals surface area contributed by atoms with Crippen LogP contribution in [-0.2, 0) is 4.79 Å². The van der Waals surface area contributed by atoms with Gasteiger partial charge in [-0.15, -0.1) is 0 Å². The number of ether oxygens (including phenoxy) is 2. The Balaban J connectivity index is 1.65. The maximum absolute atomic E-state index is 12.7. The second-order valence-corrected chi connectivity index (χ2v) is 6.89. The summed E-state index contributed by atoms with van der Waals surface area (Å²) >= 11 is 11.8. The molecule has 0 bridgehead atoms. The molecule has 1 N–H and O–H groups in total. The molecule has 0 aromatic heterocycles. The van der Waals surface area contributed by atoms with Gasteiger partial charge in [-0.3, -0.25) is 9.69 Å². The first-order chi connectivity index (χ1) is 13.4. The van der Waals surface area contributed by atoms with Crippen LogP contribution in [0.2, 0.25) is 10.0 Å². The van der Waals surface area contributed by atoms with Gasteiger partial charge in [0.05, 0.1) is 24.3 Å². The molecule has 0 spiro atoms. The van der Waals surface area contributed by atoms with E-state index in [0.29, 0.717) is 46.0 Å². The molecule has 0 atom stereocenters. The fraction of sp³-hybridized carbons (Fsp3) is 0.263. The lowest BCUT2D eigenvalue weighted by atomic mass is 10.2. The zero-order valence-electron chi connectivity index (χ0n) is 15.4. The van der Waals surface area contributed by atoms with E-state index in [9.17, 15) is 9.59 Å². The highest BCUT2D eigenvalue weighted by atomic mass is 35.5. The highest BCUT2D eigenvalue weighted by Gasteiger charge is 2.31. The third kappa shape index (κ3) is 4.26. The Morgan fingerprint density at radius 2 is 1.79 bits per heavy atom. The maximum Gasteiger partial charge on any atom is 0.325 e. The summed E-state index contributed by atoms with van der Waals surface area (Å²) in [5.74, 6) is 0.792. The lowest BCUT2D eigenvalue weighted by Gasteiger charge is -2.19. The van der Waals surface area contributed by atoms with Crippen molar-refractivity contribution in [1.82, 2.24) is 4.90 Å². The van der Waals surface area contributed by atoms with Crippen LogP contribution in [0.25, 0.3) is 0 Å². The molecule has 3 amide bonds. The topological polar surface area (TPSA) is 71.1 Å². The number of hydrogen-bond acceptors (Lipinski definition) is 4. The lowest BCUT2D eigenvalue weighted by molar-refractivity contribution is -0.116. The largest absolute Gasteiger partial charge is 0.493 e. The van der Waals surface area contributed by atoms with Crippen LogP contribution in [0.1, 0.15) is 0 Å². The summed E-state index contributed by atoms with van der Waals surface area (Å²) < 4.78 is 10.5. The van der Waals surface area contributed by atoms with Crippen molar-refractivity contribution in [3.05, 3.63) is 46.4 Å². The fourth-order valence-electron chi connectivity index (χ4n) is 2.91. The third-order valence-electron chi connectivity index (χ3n) is 4.31. The SMILES string of the molecule is COc1ccc(N2CCN(CC(=O)Nc3ccc(Cl)c(Cl)c3)C2=O)cc1OC. The lowest BCUT2D eigenvalue weighted by Crippen LogP contribution is -2.37. The third-order valence-corrected chi connectivity index (χ3v) is 5.05. The van der Waals surface area contributed by atoms with E-state index in [-0.39, 0.29) is 18.5 Å². The first-order valence-electron chi connectivity index (χ1n) is 8.46. The van der Waals surface area contributed by atoms with Crippen molar-refractivity contribution in [2.24, 2.45) is 0 Å². The Morgan fingerprint density at radius 1 is 1.04 bits per heavy atom. The molecular formula is C19H19Cl2N3O4. The van der Waals surface area contributed by atoms with Gasteiger partial charge in [0.15, 0.2) is 11.5 Å². The van der Waals surface area contributed by atoms with Crippen molar-refractivity contribution in [3.8, 4) is 11.5 Å². The van der Waals surface area contributed by atoms with Gasteiger partial charge in [-0.25, -0.2) is 4.79 Å². The van der Waals surface area contributed by atoms with Crippen molar-refractivity contribution in [2.75, 3.05) is 44.1 Å². The molecule has 1 fully saturated rings. The van der Waals surface area contributed by atoms with E-state index < -0.39 is 0 Å². The van der Waals surface area contributed by atoms with E-state index >= 15 is 0 Å². The molecule has 1 aliphatic heterocycles. The smallest absolute Gasteiger partial charge is 0.325 e. The molecule has 2 aromatic rings. The number of rotatable bonds is 6. The van der Waals surface area contributed by atoms with E-state index in [1.807, 2.05) is 0 Å². The summed E-state index contributed by atoms with van der Waals surface area (Å²) in [5, 5.41) is 3.46. The molecular weight excluding hydrogens is 405 g/mol. The van der Waals surface area contributed by atoms with Crippen molar-refractivity contribution in [2.45, 2.75) is 0 Å². The number of benzene rings is 2. The molecule has 7 nitrogen and oxygen atoms in total. The maximum atomic E-state index is 12.7. The number of halogens is 2. The molecule has 1 aliphatic rings. The molecule has 9 heteroatoms. The Hall–Kier alpha value is -2.64. The Morgan fingerprint density at radius 3 is 2.46 bits per heavy atom. The van der Waals surface area contributed by atoms with Gasteiger partial charge >= 0.3 is 6.03 Å². The minimum atomic E-state index is -0.319. The van der Waals surface area contributed by atoms with E-state index in [4.69, 9.17) is 32.7 Å². The summed E-state index contributed by atoms with van der Waals surface area (Å²) in [5.41, 5.74) is 1.19. The van der Waals surface area contributed by atoms with Crippen molar-refractivity contribution in [1.29, 1.82) is 0 Å². The predicted octanol–water partition coefficient (Wildman–Crippen LogP) is 3.89. The molecule has 2 aromatic carbocycles. The van der Waals surface area contributed by atoms with Gasteiger partial charge in [0, 0.05) is 30.5 Å². The average molecular weight is 424 g/mol. The molecule has 3 rings (SSSR count). The molecule has 0 unspecified atom stereocenters. The van der Waals surface area contributed by atoms with Crippen molar-refractivity contribution in [3.63, 3.8) is 0 Å². The molecule has 0 saturated carbocycles. The number of amides is 3. The van der Waals surface area contributed by atoms with Gasteiger partial charge in [0.1, 0.15) is 6.54 Å².